The second-order valence-corrected chi connectivity index (χ2v) is 6.23. The smallest absolute Gasteiger partial charge is 0.269 e. The number of hydrogen-bond donors (Lipinski definition) is 3. The zero-order valence-electron chi connectivity index (χ0n) is 15.3. The van der Waals surface area contributed by atoms with Gasteiger partial charge in [0.15, 0.2) is 16.6 Å². The summed E-state index contributed by atoms with van der Waals surface area (Å²) < 4.78 is 15.7. The first-order valence-corrected chi connectivity index (χ1v) is 8.61. The maximum Gasteiger partial charge on any atom is 0.269 e. The molecule has 27 heavy (non-hydrogen) atoms. The number of carbonyl (C=O) groups excluding carboxylic acids is 1. The second-order valence-electron chi connectivity index (χ2n) is 5.41. The van der Waals surface area contributed by atoms with Gasteiger partial charge in [-0.05, 0) is 49.0 Å². The van der Waals surface area contributed by atoms with Crippen molar-refractivity contribution in [2.75, 3.05) is 26.6 Å². The van der Waals surface area contributed by atoms with Crippen molar-refractivity contribution in [3.8, 4) is 17.2 Å². The maximum atomic E-state index is 12.4. The van der Waals surface area contributed by atoms with Crippen LogP contribution in [0, 0.1) is 6.92 Å². The molecule has 9 heteroatoms. The van der Waals surface area contributed by atoms with Crippen LogP contribution in [0.4, 0.5) is 5.69 Å². The van der Waals surface area contributed by atoms with Gasteiger partial charge in [-0.25, -0.2) is 0 Å². The molecule has 7 nitrogen and oxygen atoms in total. The van der Waals surface area contributed by atoms with Crippen LogP contribution in [-0.2, 0) is 0 Å². The minimum Gasteiger partial charge on any atom is -0.493 e. The van der Waals surface area contributed by atoms with Crippen molar-refractivity contribution in [3.63, 3.8) is 0 Å². The molecule has 0 aromatic heterocycles. The number of halogens is 1. The summed E-state index contributed by atoms with van der Waals surface area (Å²) in [5.41, 5.74) is 7.10. The van der Waals surface area contributed by atoms with Crippen molar-refractivity contribution in [2.24, 2.45) is 0 Å². The fraction of sp³-hybridized carbons (Fsp3) is 0.222. The summed E-state index contributed by atoms with van der Waals surface area (Å²) in [6, 6.07) is 8.51. The van der Waals surface area contributed by atoms with Crippen molar-refractivity contribution in [3.05, 3.63) is 46.5 Å². The van der Waals surface area contributed by atoms with Gasteiger partial charge in [0.25, 0.3) is 5.91 Å². The normalized spacial score (nSPS) is 9.96. The second kappa shape index (κ2) is 9.29. The Balaban J connectivity index is 2.04. The van der Waals surface area contributed by atoms with Crippen LogP contribution >= 0.6 is 23.8 Å². The summed E-state index contributed by atoms with van der Waals surface area (Å²) in [5, 5.41) is 3.75. The number of carbonyl (C=O) groups is 1. The van der Waals surface area contributed by atoms with E-state index >= 15 is 0 Å². The van der Waals surface area contributed by atoms with Gasteiger partial charge in [-0.15, -0.1) is 0 Å². The van der Waals surface area contributed by atoms with Crippen molar-refractivity contribution in [2.45, 2.75) is 6.92 Å². The number of hydrazine groups is 1. The Morgan fingerprint density at radius 3 is 2.15 bits per heavy atom. The highest BCUT2D eigenvalue weighted by Crippen LogP contribution is 2.38. The predicted molar refractivity (Wildman–Crippen MR) is 109 cm³/mol. The summed E-state index contributed by atoms with van der Waals surface area (Å²) in [7, 11) is 4.44. The summed E-state index contributed by atoms with van der Waals surface area (Å²) in [5.74, 6) is 0.715. The third-order valence-electron chi connectivity index (χ3n) is 3.65. The molecule has 0 bridgehead atoms. The summed E-state index contributed by atoms with van der Waals surface area (Å²) in [6.07, 6.45) is 0. The molecule has 0 unspecified atom stereocenters. The van der Waals surface area contributed by atoms with Gasteiger partial charge >= 0.3 is 0 Å². The predicted octanol–water partition coefficient (Wildman–Crippen LogP) is 3.31. The lowest BCUT2D eigenvalue weighted by molar-refractivity contribution is 0.0943. The molecule has 0 atom stereocenters. The van der Waals surface area contributed by atoms with Gasteiger partial charge in [0.2, 0.25) is 5.75 Å². The van der Waals surface area contributed by atoms with Crippen LogP contribution in [0.3, 0.4) is 0 Å². The molecule has 0 radical (unpaired) electrons. The number of amides is 1. The van der Waals surface area contributed by atoms with Crippen LogP contribution < -0.4 is 30.4 Å². The molecule has 0 aliphatic carbocycles. The Labute approximate surface area is 167 Å². The fourth-order valence-corrected chi connectivity index (χ4v) is 2.58. The summed E-state index contributed by atoms with van der Waals surface area (Å²) in [6.45, 7) is 1.90. The molecule has 0 heterocycles. The zero-order chi connectivity index (χ0) is 20.0. The van der Waals surface area contributed by atoms with Crippen molar-refractivity contribution >= 4 is 40.5 Å². The van der Waals surface area contributed by atoms with Gasteiger partial charge in [-0.1, -0.05) is 17.7 Å². The Hall–Kier alpha value is -2.71. The lowest BCUT2D eigenvalue weighted by Crippen LogP contribution is -2.43. The van der Waals surface area contributed by atoms with Gasteiger partial charge < -0.3 is 19.5 Å². The van der Waals surface area contributed by atoms with Gasteiger partial charge in [-0.3, -0.25) is 15.6 Å². The zero-order valence-corrected chi connectivity index (χ0v) is 16.9. The molecule has 3 N–H and O–H groups in total. The molecule has 2 rings (SSSR count). The molecule has 0 aliphatic heterocycles. The number of benzene rings is 2. The standard InChI is InChI=1S/C18H20ClN3O4S/c1-10-5-6-12(9-13(10)19)20-18(27)22-21-17(23)11-7-14(24-2)16(26-4)15(8-11)25-3/h5-9H,1-4H3,(H,21,23)(H2,20,22,27). The molecule has 144 valence electrons. The number of rotatable bonds is 5. The minimum atomic E-state index is -0.430. The van der Waals surface area contributed by atoms with E-state index in [2.05, 4.69) is 16.2 Å². The van der Waals surface area contributed by atoms with Gasteiger partial charge in [0.1, 0.15) is 0 Å². The molecular formula is C18H20ClN3O4S. The van der Waals surface area contributed by atoms with E-state index in [4.69, 9.17) is 38.0 Å². The monoisotopic (exact) mass is 409 g/mol. The molecule has 2 aromatic carbocycles. The van der Waals surface area contributed by atoms with Gasteiger partial charge in [0, 0.05) is 16.3 Å². The lowest BCUT2D eigenvalue weighted by Gasteiger charge is -2.15. The molecule has 0 aliphatic rings. The highest BCUT2D eigenvalue weighted by atomic mass is 35.5. The average Bonchev–Trinajstić information content (AvgIpc) is 2.67. The molecule has 0 spiro atoms. The van der Waals surface area contributed by atoms with Crippen molar-refractivity contribution in [1.82, 2.24) is 10.9 Å². The van der Waals surface area contributed by atoms with Crippen LogP contribution in [0.5, 0.6) is 17.2 Å². The topological polar surface area (TPSA) is 80.9 Å². The quantitative estimate of drug-likeness (QED) is 0.516. The number of ether oxygens (including phenoxy) is 3. The highest BCUT2D eigenvalue weighted by molar-refractivity contribution is 7.80. The van der Waals surface area contributed by atoms with E-state index in [0.29, 0.717) is 33.5 Å². The third-order valence-corrected chi connectivity index (χ3v) is 4.26. The fourth-order valence-electron chi connectivity index (χ4n) is 2.23. The van der Waals surface area contributed by atoms with Crippen molar-refractivity contribution in [1.29, 1.82) is 0 Å². The van der Waals surface area contributed by atoms with Crippen LogP contribution in [0.15, 0.2) is 30.3 Å². The Bertz CT molecular complexity index is 835. The van der Waals surface area contributed by atoms with E-state index < -0.39 is 5.91 Å². The minimum absolute atomic E-state index is 0.204. The van der Waals surface area contributed by atoms with E-state index in [1.54, 1.807) is 6.07 Å². The first-order chi connectivity index (χ1) is 12.9. The molecule has 1 amide bonds. The average molecular weight is 410 g/mol. The van der Waals surface area contributed by atoms with Gasteiger partial charge in [0.05, 0.1) is 21.3 Å². The summed E-state index contributed by atoms with van der Waals surface area (Å²) in [4.78, 5) is 12.4. The van der Waals surface area contributed by atoms with E-state index in [-0.39, 0.29) is 5.11 Å². The summed E-state index contributed by atoms with van der Waals surface area (Å²) >= 11 is 11.2. The van der Waals surface area contributed by atoms with E-state index in [9.17, 15) is 4.79 Å². The van der Waals surface area contributed by atoms with Crippen LogP contribution in [-0.4, -0.2) is 32.3 Å². The molecule has 0 saturated carbocycles. The van der Waals surface area contributed by atoms with E-state index in [1.807, 2.05) is 19.1 Å². The molecule has 0 saturated heterocycles. The number of hydrogen-bond acceptors (Lipinski definition) is 5. The number of thiocarbonyl (C=S) groups is 1. The van der Waals surface area contributed by atoms with Crippen LogP contribution in [0.2, 0.25) is 5.02 Å². The Morgan fingerprint density at radius 2 is 1.63 bits per heavy atom. The first kappa shape index (κ1) is 20.6. The Kier molecular flexibility index (Phi) is 7.09. The third kappa shape index (κ3) is 5.15. The van der Waals surface area contributed by atoms with E-state index in [1.165, 1.54) is 33.5 Å². The number of aryl methyl sites for hydroxylation is 1. The van der Waals surface area contributed by atoms with Gasteiger partial charge in [-0.2, -0.15) is 0 Å². The number of nitrogens with one attached hydrogen (secondary N) is 3. The van der Waals surface area contributed by atoms with Crippen LogP contribution in [0.1, 0.15) is 15.9 Å². The maximum absolute atomic E-state index is 12.4. The number of methoxy groups -OCH3 is 3. The Morgan fingerprint density at radius 1 is 1.00 bits per heavy atom. The van der Waals surface area contributed by atoms with Crippen molar-refractivity contribution < 1.29 is 19.0 Å². The molecule has 2 aromatic rings. The molecule has 0 fully saturated rings. The highest BCUT2D eigenvalue weighted by Gasteiger charge is 2.17. The lowest BCUT2D eigenvalue weighted by atomic mass is 10.1. The molecular weight excluding hydrogens is 390 g/mol. The van der Waals surface area contributed by atoms with Crippen LogP contribution in [0.25, 0.3) is 0 Å². The van der Waals surface area contributed by atoms with E-state index in [0.717, 1.165) is 5.56 Å². The number of anilines is 1. The SMILES string of the molecule is COc1cc(C(=O)NNC(=S)Nc2ccc(C)c(Cl)c2)cc(OC)c1OC. The first-order valence-electron chi connectivity index (χ1n) is 7.83. The largest absolute Gasteiger partial charge is 0.493 e.